The van der Waals surface area contributed by atoms with E-state index in [4.69, 9.17) is 5.26 Å². The first-order chi connectivity index (χ1) is 11.6. The summed E-state index contributed by atoms with van der Waals surface area (Å²) in [7, 11) is 0. The Bertz CT molecular complexity index is 839. The van der Waals surface area contributed by atoms with Crippen LogP contribution in [-0.2, 0) is 9.59 Å². The summed E-state index contributed by atoms with van der Waals surface area (Å²) in [6, 6.07) is 8.96. The molecule has 24 heavy (non-hydrogen) atoms. The summed E-state index contributed by atoms with van der Waals surface area (Å²) in [5.74, 6) is -2.67. The summed E-state index contributed by atoms with van der Waals surface area (Å²) in [6.07, 6.45) is 3.95. The van der Waals surface area contributed by atoms with E-state index >= 15 is 0 Å². The predicted molar refractivity (Wildman–Crippen MR) is 89.9 cm³/mol. The molecule has 1 saturated heterocycles. The van der Waals surface area contributed by atoms with Gasteiger partial charge in [0.05, 0.1) is 23.5 Å². The van der Waals surface area contributed by atoms with E-state index in [1.54, 1.807) is 40.9 Å². The largest absolute Gasteiger partial charge is 0.481 e. The van der Waals surface area contributed by atoms with Gasteiger partial charge in [-0.2, -0.15) is 5.26 Å². The first-order valence-electron chi connectivity index (χ1n) is 7.69. The first-order valence-corrected chi connectivity index (χ1v) is 8.57. The van der Waals surface area contributed by atoms with Crippen LogP contribution in [0.5, 0.6) is 0 Å². The molecule has 1 fully saturated rings. The molecule has 4 atom stereocenters. The number of allylic oxidation sites excluding steroid dienone is 2. The van der Waals surface area contributed by atoms with Gasteiger partial charge in [-0.3, -0.25) is 9.59 Å². The number of hydrogen-bond donors (Lipinski definition) is 1. The highest BCUT2D eigenvalue weighted by Crippen LogP contribution is 2.50. The van der Waals surface area contributed by atoms with Gasteiger partial charge < -0.3 is 10.0 Å². The highest BCUT2D eigenvalue weighted by atomic mass is 32.2. The van der Waals surface area contributed by atoms with Crippen LogP contribution in [0.1, 0.15) is 5.56 Å². The lowest BCUT2D eigenvalue weighted by atomic mass is 9.71. The number of carboxylic acid groups (broad SMARTS) is 1. The Labute approximate surface area is 143 Å². The second kappa shape index (κ2) is 5.53. The lowest BCUT2D eigenvalue weighted by Gasteiger charge is -2.31. The van der Waals surface area contributed by atoms with Crippen molar-refractivity contribution in [2.24, 2.45) is 23.7 Å². The van der Waals surface area contributed by atoms with Gasteiger partial charge in [0, 0.05) is 24.1 Å². The van der Waals surface area contributed by atoms with Crippen LogP contribution < -0.4 is 4.90 Å². The molecule has 120 valence electrons. The van der Waals surface area contributed by atoms with Crippen LogP contribution in [0.15, 0.2) is 46.7 Å². The van der Waals surface area contributed by atoms with E-state index in [0.717, 1.165) is 4.91 Å². The monoisotopic (exact) mass is 338 g/mol. The molecule has 2 aliphatic heterocycles. The van der Waals surface area contributed by atoms with Crippen molar-refractivity contribution in [1.29, 1.82) is 5.26 Å². The van der Waals surface area contributed by atoms with Crippen molar-refractivity contribution >= 4 is 29.3 Å². The van der Waals surface area contributed by atoms with Crippen LogP contribution in [-0.4, -0.2) is 23.5 Å². The smallest absolute Gasteiger partial charge is 0.308 e. The Kier molecular flexibility index (Phi) is 3.47. The Morgan fingerprint density at radius 1 is 1.42 bits per heavy atom. The van der Waals surface area contributed by atoms with Crippen molar-refractivity contribution in [1.82, 2.24) is 0 Å². The number of carboxylic acids is 1. The summed E-state index contributed by atoms with van der Waals surface area (Å²) in [5.41, 5.74) is 1.14. The SMILES string of the molecule is N#Cc1cccc(N2C[C@@H]3C=C4SC=C[C@@H]4[C@@H](C(=O)O)[C@H]3C2=O)c1. The van der Waals surface area contributed by atoms with E-state index in [1.807, 2.05) is 11.5 Å². The Hall–Kier alpha value is -2.52. The summed E-state index contributed by atoms with van der Waals surface area (Å²) in [4.78, 5) is 27.5. The van der Waals surface area contributed by atoms with Gasteiger partial charge in [-0.05, 0) is 28.5 Å². The molecule has 1 aromatic rings. The molecule has 3 aliphatic rings. The number of thioether (sulfide) groups is 1. The average Bonchev–Trinajstić information content (AvgIpc) is 3.17. The number of rotatable bonds is 2. The third-order valence-electron chi connectivity index (χ3n) is 4.95. The standard InChI is InChI=1S/C18H14N2O3S/c19-8-10-2-1-3-12(6-10)20-9-11-7-14-13(4-5-24-14)16(18(22)23)15(11)17(20)21/h1-7,11,13,15-16H,9H2,(H,22,23)/t11-,13-,15-,16+/m0/s1. The summed E-state index contributed by atoms with van der Waals surface area (Å²) in [6.45, 7) is 0.457. The van der Waals surface area contributed by atoms with Crippen molar-refractivity contribution in [3.05, 3.63) is 52.3 Å². The molecular weight excluding hydrogens is 324 g/mol. The molecule has 0 aromatic heterocycles. The van der Waals surface area contributed by atoms with Crippen LogP contribution in [0.3, 0.4) is 0 Å². The fraction of sp³-hybridized carbons (Fsp3) is 0.278. The molecule has 0 bridgehead atoms. The maximum atomic E-state index is 13.0. The zero-order chi connectivity index (χ0) is 16.8. The molecular formula is C18H14N2O3S. The molecule has 1 amide bonds. The van der Waals surface area contributed by atoms with Gasteiger partial charge in [0.1, 0.15) is 0 Å². The topological polar surface area (TPSA) is 81.4 Å². The molecule has 0 spiro atoms. The number of fused-ring (bicyclic) bond motifs is 2. The van der Waals surface area contributed by atoms with Gasteiger partial charge >= 0.3 is 5.97 Å². The number of anilines is 1. The summed E-state index contributed by atoms with van der Waals surface area (Å²) < 4.78 is 0. The van der Waals surface area contributed by atoms with E-state index in [-0.39, 0.29) is 17.7 Å². The van der Waals surface area contributed by atoms with Crippen molar-refractivity contribution in [3.8, 4) is 6.07 Å². The Morgan fingerprint density at radius 3 is 3.00 bits per heavy atom. The molecule has 4 rings (SSSR count). The second-order valence-electron chi connectivity index (χ2n) is 6.21. The lowest BCUT2D eigenvalue weighted by molar-refractivity contribution is -0.148. The number of benzene rings is 1. The van der Waals surface area contributed by atoms with Gasteiger partial charge in [0.25, 0.3) is 0 Å². The number of carbonyl (C=O) groups is 2. The Morgan fingerprint density at radius 2 is 2.25 bits per heavy atom. The van der Waals surface area contributed by atoms with Crippen LogP contribution >= 0.6 is 11.8 Å². The van der Waals surface area contributed by atoms with Crippen molar-refractivity contribution in [2.75, 3.05) is 11.4 Å². The molecule has 6 heteroatoms. The maximum absolute atomic E-state index is 13.0. The number of amides is 1. The number of nitriles is 1. The van der Waals surface area contributed by atoms with Gasteiger partial charge in [0.15, 0.2) is 0 Å². The number of hydrogen-bond acceptors (Lipinski definition) is 4. The van der Waals surface area contributed by atoms with E-state index in [1.165, 1.54) is 0 Å². The molecule has 1 aromatic carbocycles. The van der Waals surface area contributed by atoms with E-state index in [0.29, 0.717) is 17.8 Å². The zero-order valence-corrected chi connectivity index (χ0v) is 13.4. The minimum Gasteiger partial charge on any atom is -0.481 e. The molecule has 1 aliphatic carbocycles. The van der Waals surface area contributed by atoms with Gasteiger partial charge in [0.2, 0.25) is 5.91 Å². The molecule has 2 heterocycles. The quantitative estimate of drug-likeness (QED) is 0.896. The average molecular weight is 338 g/mol. The van der Waals surface area contributed by atoms with Crippen LogP contribution in [0, 0.1) is 35.0 Å². The van der Waals surface area contributed by atoms with Crippen molar-refractivity contribution < 1.29 is 14.7 Å². The second-order valence-corrected chi connectivity index (χ2v) is 7.19. The minimum atomic E-state index is -0.922. The number of carbonyl (C=O) groups excluding carboxylic acids is 1. The van der Waals surface area contributed by atoms with Crippen LogP contribution in [0.4, 0.5) is 5.69 Å². The minimum absolute atomic E-state index is 0.108. The third kappa shape index (κ3) is 2.16. The maximum Gasteiger partial charge on any atom is 0.308 e. The highest BCUT2D eigenvalue weighted by Gasteiger charge is 2.53. The summed E-state index contributed by atoms with van der Waals surface area (Å²) >= 11 is 1.55. The first kappa shape index (κ1) is 15.0. The normalized spacial score (nSPS) is 30.5. The fourth-order valence-corrected chi connectivity index (χ4v) is 4.93. The van der Waals surface area contributed by atoms with Crippen LogP contribution in [0.2, 0.25) is 0 Å². The van der Waals surface area contributed by atoms with Crippen molar-refractivity contribution in [3.63, 3.8) is 0 Å². The van der Waals surface area contributed by atoms with E-state index < -0.39 is 17.8 Å². The van der Waals surface area contributed by atoms with Gasteiger partial charge in [-0.25, -0.2) is 0 Å². The lowest BCUT2D eigenvalue weighted by Crippen LogP contribution is -2.39. The molecule has 0 unspecified atom stereocenters. The highest BCUT2D eigenvalue weighted by molar-refractivity contribution is 8.06. The number of aliphatic carboxylic acids is 1. The zero-order valence-electron chi connectivity index (χ0n) is 12.6. The van der Waals surface area contributed by atoms with Crippen LogP contribution in [0.25, 0.3) is 0 Å². The molecule has 5 nitrogen and oxygen atoms in total. The van der Waals surface area contributed by atoms with E-state index in [9.17, 15) is 14.7 Å². The number of nitrogens with zero attached hydrogens (tertiary/aromatic N) is 2. The molecule has 1 N–H and O–H groups in total. The molecule has 0 saturated carbocycles. The van der Waals surface area contributed by atoms with Gasteiger partial charge in [-0.15, -0.1) is 11.8 Å². The molecule has 0 radical (unpaired) electrons. The predicted octanol–water partition coefficient (Wildman–Crippen LogP) is 2.61. The summed E-state index contributed by atoms with van der Waals surface area (Å²) in [5, 5.41) is 20.7. The Balaban J connectivity index is 1.73. The van der Waals surface area contributed by atoms with Crippen molar-refractivity contribution in [2.45, 2.75) is 0 Å². The third-order valence-corrected chi connectivity index (χ3v) is 5.92. The fourth-order valence-electron chi connectivity index (χ4n) is 3.89. The van der Waals surface area contributed by atoms with E-state index in [2.05, 4.69) is 12.1 Å². The van der Waals surface area contributed by atoms with Gasteiger partial charge in [-0.1, -0.05) is 18.2 Å².